The van der Waals surface area contributed by atoms with Crippen molar-refractivity contribution in [2.45, 2.75) is 19.5 Å². The van der Waals surface area contributed by atoms with Crippen molar-refractivity contribution >= 4 is 0 Å². The minimum atomic E-state index is 0.243. The maximum absolute atomic E-state index is 6.11. The standard InChI is InChI=1S/C30H29N5O2/c1-22-27(28(33-37-22)23-11-5-2-6-12-23)30-32-31-26(36-30)21-34-17-19-35(20-18-34)29(24-13-7-3-8-14-24)25-15-9-4-10-16-25/h2-16,29H,17-21H2,1H3. The average Bonchev–Trinajstić information content (AvgIpc) is 3.57. The predicted octanol–water partition coefficient (Wildman–Crippen LogP) is 5.61. The lowest BCUT2D eigenvalue weighted by molar-refractivity contribution is 0.0986. The molecule has 0 unspecified atom stereocenters. The molecule has 0 saturated carbocycles. The summed E-state index contributed by atoms with van der Waals surface area (Å²) in [6, 6.07) is 31.7. The molecule has 5 aromatic rings. The smallest absolute Gasteiger partial charge is 0.253 e. The van der Waals surface area contributed by atoms with Crippen LogP contribution in [0.1, 0.15) is 28.8 Å². The van der Waals surface area contributed by atoms with E-state index in [1.807, 2.05) is 37.3 Å². The van der Waals surface area contributed by atoms with E-state index >= 15 is 0 Å². The van der Waals surface area contributed by atoms with Gasteiger partial charge in [0.05, 0.1) is 12.6 Å². The van der Waals surface area contributed by atoms with E-state index in [-0.39, 0.29) is 6.04 Å². The fourth-order valence-electron chi connectivity index (χ4n) is 5.09. The molecule has 186 valence electrons. The first-order chi connectivity index (χ1) is 18.3. The van der Waals surface area contributed by atoms with Crippen molar-refractivity contribution in [1.29, 1.82) is 0 Å². The summed E-state index contributed by atoms with van der Waals surface area (Å²) in [5, 5.41) is 12.9. The minimum absolute atomic E-state index is 0.243. The summed E-state index contributed by atoms with van der Waals surface area (Å²) in [7, 11) is 0. The summed E-state index contributed by atoms with van der Waals surface area (Å²) < 4.78 is 11.6. The van der Waals surface area contributed by atoms with E-state index in [1.165, 1.54) is 11.1 Å². The third-order valence-corrected chi connectivity index (χ3v) is 6.95. The van der Waals surface area contributed by atoms with Crippen LogP contribution in [-0.4, -0.2) is 51.3 Å². The van der Waals surface area contributed by atoms with Crippen molar-refractivity contribution in [1.82, 2.24) is 25.2 Å². The molecule has 0 N–H and O–H groups in total. The first kappa shape index (κ1) is 23.3. The van der Waals surface area contributed by atoms with Crippen LogP contribution in [0.4, 0.5) is 0 Å². The molecule has 1 fully saturated rings. The molecular weight excluding hydrogens is 462 g/mol. The Morgan fingerprint density at radius 2 is 1.35 bits per heavy atom. The zero-order valence-corrected chi connectivity index (χ0v) is 20.8. The quantitative estimate of drug-likeness (QED) is 0.293. The number of hydrogen-bond donors (Lipinski definition) is 0. The molecule has 1 aliphatic rings. The summed E-state index contributed by atoms with van der Waals surface area (Å²) in [5.74, 6) is 1.71. The fraction of sp³-hybridized carbons (Fsp3) is 0.233. The van der Waals surface area contributed by atoms with Gasteiger partial charge >= 0.3 is 0 Å². The average molecular weight is 492 g/mol. The highest BCUT2D eigenvalue weighted by Gasteiger charge is 2.28. The Labute approximate surface area is 216 Å². The molecule has 6 rings (SSSR count). The zero-order chi connectivity index (χ0) is 25.0. The first-order valence-electron chi connectivity index (χ1n) is 12.7. The first-order valence-corrected chi connectivity index (χ1v) is 12.7. The van der Waals surface area contributed by atoms with Crippen LogP contribution in [0, 0.1) is 6.92 Å². The van der Waals surface area contributed by atoms with Crippen molar-refractivity contribution < 1.29 is 8.94 Å². The second-order valence-electron chi connectivity index (χ2n) is 9.37. The molecule has 0 radical (unpaired) electrons. The molecule has 7 heteroatoms. The molecule has 0 bridgehead atoms. The summed E-state index contributed by atoms with van der Waals surface area (Å²) in [6.45, 7) is 6.25. The Bertz CT molecular complexity index is 1390. The molecule has 0 aliphatic carbocycles. The lowest BCUT2D eigenvalue weighted by Crippen LogP contribution is -2.47. The number of aromatic nitrogens is 3. The highest BCUT2D eigenvalue weighted by molar-refractivity contribution is 5.77. The third kappa shape index (κ3) is 4.96. The third-order valence-electron chi connectivity index (χ3n) is 6.95. The molecular formula is C30H29N5O2. The Morgan fingerprint density at radius 3 is 1.97 bits per heavy atom. The minimum Gasteiger partial charge on any atom is -0.419 e. The highest BCUT2D eigenvalue weighted by Crippen LogP contribution is 2.34. The zero-order valence-electron chi connectivity index (χ0n) is 20.8. The van der Waals surface area contributed by atoms with E-state index < -0.39 is 0 Å². The van der Waals surface area contributed by atoms with Gasteiger partial charge in [-0.15, -0.1) is 10.2 Å². The number of nitrogens with zero attached hydrogens (tertiary/aromatic N) is 5. The second-order valence-corrected chi connectivity index (χ2v) is 9.37. The van der Waals surface area contributed by atoms with E-state index in [0.29, 0.717) is 24.1 Å². The van der Waals surface area contributed by atoms with Crippen LogP contribution in [0.15, 0.2) is 99.9 Å². The maximum Gasteiger partial charge on any atom is 0.253 e. The molecule has 0 spiro atoms. The molecule has 2 aromatic heterocycles. The van der Waals surface area contributed by atoms with Gasteiger partial charge in [-0.1, -0.05) is 96.2 Å². The van der Waals surface area contributed by atoms with E-state index in [1.54, 1.807) is 0 Å². The van der Waals surface area contributed by atoms with Gasteiger partial charge in [-0.05, 0) is 18.1 Å². The van der Waals surface area contributed by atoms with Gasteiger partial charge in [0.1, 0.15) is 17.0 Å². The summed E-state index contributed by atoms with van der Waals surface area (Å²) in [5.41, 5.74) is 5.07. The molecule has 1 aliphatic heterocycles. The molecule has 7 nitrogen and oxygen atoms in total. The Kier molecular flexibility index (Phi) is 6.62. The Morgan fingerprint density at radius 1 is 0.757 bits per heavy atom. The van der Waals surface area contributed by atoms with Crippen LogP contribution < -0.4 is 0 Å². The van der Waals surface area contributed by atoms with Gasteiger partial charge in [0.2, 0.25) is 5.89 Å². The van der Waals surface area contributed by atoms with Gasteiger partial charge < -0.3 is 8.94 Å². The fourth-order valence-corrected chi connectivity index (χ4v) is 5.09. The van der Waals surface area contributed by atoms with Crippen LogP contribution >= 0.6 is 0 Å². The highest BCUT2D eigenvalue weighted by atomic mass is 16.5. The van der Waals surface area contributed by atoms with Crippen molar-refractivity contribution in [3.8, 4) is 22.7 Å². The largest absolute Gasteiger partial charge is 0.419 e. The number of rotatable bonds is 7. The van der Waals surface area contributed by atoms with Crippen molar-refractivity contribution in [3.05, 3.63) is 114 Å². The van der Waals surface area contributed by atoms with Crippen LogP contribution in [0.3, 0.4) is 0 Å². The van der Waals surface area contributed by atoms with Gasteiger partial charge in [0, 0.05) is 31.7 Å². The topological polar surface area (TPSA) is 71.4 Å². The lowest BCUT2D eigenvalue weighted by Gasteiger charge is -2.39. The van der Waals surface area contributed by atoms with Gasteiger partial charge in [0.25, 0.3) is 5.89 Å². The Hall–Kier alpha value is -4.07. The lowest BCUT2D eigenvalue weighted by atomic mass is 9.96. The van der Waals surface area contributed by atoms with Crippen LogP contribution in [0.25, 0.3) is 22.7 Å². The van der Waals surface area contributed by atoms with Gasteiger partial charge in [-0.3, -0.25) is 9.80 Å². The number of aryl methyl sites for hydroxylation is 1. The monoisotopic (exact) mass is 491 g/mol. The van der Waals surface area contributed by atoms with E-state index in [4.69, 9.17) is 8.94 Å². The summed E-state index contributed by atoms with van der Waals surface area (Å²) in [4.78, 5) is 4.94. The van der Waals surface area contributed by atoms with Crippen LogP contribution in [0.2, 0.25) is 0 Å². The van der Waals surface area contributed by atoms with Crippen molar-refractivity contribution in [3.63, 3.8) is 0 Å². The van der Waals surface area contributed by atoms with E-state index in [9.17, 15) is 0 Å². The van der Waals surface area contributed by atoms with Crippen LogP contribution in [-0.2, 0) is 6.54 Å². The molecule has 3 aromatic carbocycles. The summed E-state index contributed by atoms with van der Waals surface area (Å²) >= 11 is 0. The number of piperazine rings is 1. The van der Waals surface area contributed by atoms with Crippen LogP contribution in [0.5, 0.6) is 0 Å². The van der Waals surface area contributed by atoms with Gasteiger partial charge in [-0.25, -0.2) is 0 Å². The molecule has 0 atom stereocenters. The van der Waals surface area contributed by atoms with Gasteiger partial charge in [-0.2, -0.15) is 0 Å². The molecule has 37 heavy (non-hydrogen) atoms. The molecule has 1 saturated heterocycles. The van der Waals surface area contributed by atoms with Gasteiger partial charge in [0.15, 0.2) is 0 Å². The van der Waals surface area contributed by atoms with Crippen molar-refractivity contribution in [2.75, 3.05) is 26.2 Å². The maximum atomic E-state index is 6.11. The number of benzene rings is 3. The number of hydrogen-bond acceptors (Lipinski definition) is 7. The molecule has 3 heterocycles. The second kappa shape index (κ2) is 10.5. The van der Waals surface area contributed by atoms with E-state index in [0.717, 1.165) is 43.0 Å². The Balaban J connectivity index is 1.15. The van der Waals surface area contributed by atoms with E-state index in [2.05, 4.69) is 85.8 Å². The van der Waals surface area contributed by atoms with Crippen molar-refractivity contribution in [2.24, 2.45) is 0 Å². The predicted molar refractivity (Wildman–Crippen MR) is 142 cm³/mol. The summed E-state index contributed by atoms with van der Waals surface area (Å²) in [6.07, 6.45) is 0. The normalized spacial score (nSPS) is 14.9. The SMILES string of the molecule is Cc1onc(-c2ccccc2)c1-c1nnc(CN2CCN(C(c3ccccc3)c3ccccc3)CC2)o1. The molecule has 0 amide bonds.